The predicted molar refractivity (Wildman–Crippen MR) is 109 cm³/mol. The number of carbonyl (C=O) groups excluding carboxylic acids is 1. The fourth-order valence-electron chi connectivity index (χ4n) is 4.42. The number of nitrogens with zero attached hydrogens (tertiary/aromatic N) is 1. The predicted octanol–water partition coefficient (Wildman–Crippen LogP) is 3.40. The van der Waals surface area contributed by atoms with E-state index in [1.165, 1.54) is 0 Å². The minimum Gasteiger partial charge on any atom is -0.493 e. The van der Waals surface area contributed by atoms with Crippen LogP contribution >= 0.6 is 0 Å². The van der Waals surface area contributed by atoms with Gasteiger partial charge in [0, 0.05) is 19.0 Å². The summed E-state index contributed by atoms with van der Waals surface area (Å²) in [5, 5.41) is 0. The zero-order chi connectivity index (χ0) is 20.2. The van der Waals surface area contributed by atoms with Gasteiger partial charge in [0.15, 0.2) is 18.1 Å². The van der Waals surface area contributed by atoms with Crippen LogP contribution in [0.25, 0.3) is 0 Å². The number of likely N-dealkylation sites (tertiary alicyclic amines) is 1. The second kappa shape index (κ2) is 8.64. The Morgan fingerprint density at radius 1 is 0.966 bits per heavy atom. The van der Waals surface area contributed by atoms with Crippen LogP contribution in [0.5, 0.6) is 23.0 Å². The number of ether oxygens (including phenoxy) is 4. The third-order valence-electron chi connectivity index (χ3n) is 5.90. The van der Waals surface area contributed by atoms with Crippen molar-refractivity contribution in [2.24, 2.45) is 11.8 Å². The first-order valence-corrected chi connectivity index (χ1v) is 10.0. The Morgan fingerprint density at radius 2 is 1.69 bits per heavy atom. The molecule has 1 heterocycles. The van der Waals surface area contributed by atoms with Crippen LogP contribution in [0.4, 0.5) is 0 Å². The molecule has 6 nitrogen and oxygen atoms in total. The van der Waals surface area contributed by atoms with E-state index in [9.17, 15) is 4.79 Å². The molecule has 0 unspecified atom stereocenters. The summed E-state index contributed by atoms with van der Waals surface area (Å²) in [6.07, 6.45) is 2.30. The summed E-state index contributed by atoms with van der Waals surface area (Å²) in [7, 11) is 3.13. The molecule has 2 fully saturated rings. The first-order chi connectivity index (χ1) is 14.2. The summed E-state index contributed by atoms with van der Waals surface area (Å²) in [4.78, 5) is 14.7. The van der Waals surface area contributed by atoms with Crippen LogP contribution < -0.4 is 18.9 Å². The molecule has 2 aromatic rings. The normalized spacial score (nSPS) is 22.8. The second-order valence-electron chi connectivity index (χ2n) is 7.55. The number of para-hydroxylation sites is 2. The summed E-state index contributed by atoms with van der Waals surface area (Å²) in [5.41, 5.74) is 0. The third kappa shape index (κ3) is 4.11. The Labute approximate surface area is 171 Å². The third-order valence-corrected chi connectivity index (χ3v) is 5.90. The first-order valence-electron chi connectivity index (χ1n) is 10.0. The Hall–Kier alpha value is -2.89. The zero-order valence-electron chi connectivity index (χ0n) is 16.9. The van der Waals surface area contributed by atoms with Gasteiger partial charge in [-0.3, -0.25) is 4.79 Å². The lowest BCUT2D eigenvalue weighted by Crippen LogP contribution is -2.35. The summed E-state index contributed by atoms with van der Waals surface area (Å²) >= 11 is 0. The molecule has 2 aromatic carbocycles. The van der Waals surface area contributed by atoms with Crippen LogP contribution in [0.2, 0.25) is 0 Å². The van der Waals surface area contributed by atoms with Crippen LogP contribution in [0.15, 0.2) is 48.5 Å². The monoisotopic (exact) mass is 397 g/mol. The minimum absolute atomic E-state index is 0.0224. The van der Waals surface area contributed by atoms with E-state index in [2.05, 4.69) is 0 Å². The van der Waals surface area contributed by atoms with Crippen LogP contribution in [0.3, 0.4) is 0 Å². The molecule has 1 saturated heterocycles. The average Bonchev–Trinajstić information content (AvgIpc) is 3.34. The molecule has 1 saturated carbocycles. The van der Waals surface area contributed by atoms with Gasteiger partial charge < -0.3 is 23.8 Å². The van der Waals surface area contributed by atoms with Gasteiger partial charge in [0.1, 0.15) is 11.9 Å². The van der Waals surface area contributed by atoms with Crippen molar-refractivity contribution in [3.8, 4) is 23.0 Å². The van der Waals surface area contributed by atoms with E-state index in [0.29, 0.717) is 35.6 Å². The van der Waals surface area contributed by atoms with Crippen LogP contribution in [-0.4, -0.2) is 50.8 Å². The number of methoxy groups -OCH3 is 2. The highest BCUT2D eigenvalue weighted by atomic mass is 16.5. The summed E-state index contributed by atoms with van der Waals surface area (Å²) in [6, 6.07) is 15.3. The van der Waals surface area contributed by atoms with Crippen molar-refractivity contribution in [2.75, 3.05) is 33.9 Å². The second-order valence-corrected chi connectivity index (χ2v) is 7.55. The van der Waals surface area contributed by atoms with Gasteiger partial charge in [0.05, 0.1) is 14.2 Å². The molecule has 2 aliphatic rings. The molecular formula is C23H27NO5. The Balaban J connectivity index is 1.36. The topological polar surface area (TPSA) is 57.2 Å². The molecule has 0 radical (unpaired) electrons. The lowest BCUT2D eigenvalue weighted by atomic mass is 9.99. The summed E-state index contributed by atoms with van der Waals surface area (Å²) in [6.45, 7) is 1.44. The highest BCUT2D eigenvalue weighted by molar-refractivity contribution is 5.78. The zero-order valence-corrected chi connectivity index (χ0v) is 16.9. The summed E-state index contributed by atoms with van der Waals surface area (Å²) in [5.74, 6) is 3.29. The van der Waals surface area contributed by atoms with Crippen molar-refractivity contribution in [1.82, 2.24) is 4.90 Å². The molecule has 0 spiro atoms. The number of fused-ring (bicyclic) bond motifs is 1. The highest BCUT2D eigenvalue weighted by Gasteiger charge is 2.45. The van der Waals surface area contributed by atoms with Crippen molar-refractivity contribution in [1.29, 1.82) is 0 Å². The molecule has 4 rings (SSSR count). The van der Waals surface area contributed by atoms with Crippen LogP contribution in [0, 0.1) is 11.8 Å². The van der Waals surface area contributed by atoms with Crippen molar-refractivity contribution in [3.05, 3.63) is 48.5 Å². The SMILES string of the molecule is COc1cccc(OC)c1OCC(=O)N1C[C@@H]2CC[C@H](Oc3ccccc3)[C@@H]2C1. The van der Waals surface area contributed by atoms with Gasteiger partial charge in [-0.15, -0.1) is 0 Å². The van der Waals surface area contributed by atoms with Crippen LogP contribution in [-0.2, 0) is 4.79 Å². The van der Waals surface area contributed by atoms with E-state index in [1.54, 1.807) is 26.4 Å². The van der Waals surface area contributed by atoms with Crippen molar-refractivity contribution < 1.29 is 23.7 Å². The molecule has 0 bridgehead atoms. The van der Waals surface area contributed by atoms with Crippen molar-refractivity contribution in [2.45, 2.75) is 18.9 Å². The van der Waals surface area contributed by atoms with E-state index in [-0.39, 0.29) is 18.6 Å². The number of hydrogen-bond donors (Lipinski definition) is 0. The molecule has 1 aliphatic carbocycles. The van der Waals surface area contributed by atoms with Gasteiger partial charge >= 0.3 is 0 Å². The molecule has 1 amide bonds. The molecule has 154 valence electrons. The maximum absolute atomic E-state index is 12.8. The quantitative estimate of drug-likeness (QED) is 0.717. The number of carbonyl (C=O) groups is 1. The number of rotatable bonds is 7. The molecule has 6 heteroatoms. The standard InChI is InChI=1S/C23H27NO5/c1-26-20-9-6-10-21(27-2)23(20)28-15-22(25)24-13-16-11-12-19(18(16)14-24)29-17-7-4-3-5-8-17/h3-10,16,18-19H,11-15H2,1-2H3/t16-,18+,19-/m0/s1. The first kappa shape index (κ1) is 19.4. The molecule has 29 heavy (non-hydrogen) atoms. The smallest absolute Gasteiger partial charge is 0.260 e. The van der Waals surface area contributed by atoms with Gasteiger partial charge in [-0.2, -0.15) is 0 Å². The molecule has 1 aliphatic heterocycles. The molecule has 3 atom stereocenters. The Bertz CT molecular complexity index is 818. The van der Waals surface area contributed by atoms with E-state index < -0.39 is 0 Å². The molecular weight excluding hydrogens is 370 g/mol. The number of benzene rings is 2. The van der Waals surface area contributed by atoms with Gasteiger partial charge in [0.25, 0.3) is 5.91 Å². The maximum atomic E-state index is 12.8. The van der Waals surface area contributed by atoms with Gasteiger partial charge in [-0.25, -0.2) is 0 Å². The van der Waals surface area contributed by atoms with Crippen LogP contribution in [0.1, 0.15) is 12.8 Å². The van der Waals surface area contributed by atoms with E-state index >= 15 is 0 Å². The van der Waals surface area contributed by atoms with Gasteiger partial charge in [-0.05, 0) is 43.0 Å². The minimum atomic E-state index is -0.0413. The molecule has 0 N–H and O–H groups in total. The van der Waals surface area contributed by atoms with E-state index in [4.69, 9.17) is 18.9 Å². The fourth-order valence-corrected chi connectivity index (χ4v) is 4.42. The lowest BCUT2D eigenvalue weighted by Gasteiger charge is -2.22. The molecule has 0 aromatic heterocycles. The van der Waals surface area contributed by atoms with Gasteiger partial charge in [0.2, 0.25) is 5.75 Å². The average molecular weight is 397 g/mol. The van der Waals surface area contributed by atoms with E-state index in [0.717, 1.165) is 25.1 Å². The number of amides is 1. The Kier molecular flexibility index (Phi) is 5.79. The van der Waals surface area contributed by atoms with Crippen molar-refractivity contribution >= 4 is 5.91 Å². The highest BCUT2D eigenvalue weighted by Crippen LogP contribution is 2.40. The van der Waals surface area contributed by atoms with E-state index in [1.807, 2.05) is 41.3 Å². The maximum Gasteiger partial charge on any atom is 0.260 e. The van der Waals surface area contributed by atoms with Crippen molar-refractivity contribution in [3.63, 3.8) is 0 Å². The lowest BCUT2D eigenvalue weighted by molar-refractivity contribution is -0.132. The Morgan fingerprint density at radius 3 is 2.38 bits per heavy atom. The van der Waals surface area contributed by atoms with Gasteiger partial charge in [-0.1, -0.05) is 24.3 Å². The summed E-state index contributed by atoms with van der Waals surface area (Å²) < 4.78 is 22.7. The largest absolute Gasteiger partial charge is 0.493 e. The number of hydrogen-bond acceptors (Lipinski definition) is 5. The fraction of sp³-hybridized carbons (Fsp3) is 0.435.